The third-order valence-electron chi connectivity index (χ3n) is 3.29. The molecule has 116 valence electrons. The van der Waals surface area contributed by atoms with Crippen molar-refractivity contribution >= 4 is 0 Å². The van der Waals surface area contributed by atoms with E-state index in [2.05, 4.69) is 26.1 Å². The van der Waals surface area contributed by atoms with Crippen LogP contribution in [0.1, 0.15) is 40.0 Å². The fraction of sp³-hybridized carbons (Fsp3) is 1.00. The average Bonchev–Trinajstić information content (AvgIpc) is 2.44. The van der Waals surface area contributed by atoms with Crippen LogP contribution in [0.2, 0.25) is 0 Å². The Balaban J connectivity index is 3.52. The van der Waals surface area contributed by atoms with E-state index in [0.717, 1.165) is 32.8 Å². The van der Waals surface area contributed by atoms with E-state index in [1.54, 1.807) is 7.11 Å². The Hall–Kier alpha value is -0.160. The maximum atomic E-state index is 5.75. The number of ether oxygens (including phenoxy) is 3. The minimum absolute atomic E-state index is 0.472. The van der Waals surface area contributed by atoms with Gasteiger partial charge in [-0.05, 0) is 25.3 Å². The van der Waals surface area contributed by atoms with Crippen molar-refractivity contribution < 1.29 is 14.2 Å². The summed E-state index contributed by atoms with van der Waals surface area (Å²) >= 11 is 0. The molecule has 0 saturated heterocycles. The molecule has 0 aromatic carbocycles. The lowest BCUT2D eigenvalue weighted by Crippen LogP contribution is -2.39. The molecule has 0 bridgehead atoms. The first-order chi connectivity index (χ1) is 9.26. The Bertz CT molecular complexity index is 179. The highest BCUT2D eigenvalue weighted by atomic mass is 16.5. The molecule has 0 rings (SSSR count). The minimum Gasteiger partial charge on any atom is -0.382 e. The molecule has 0 aliphatic carbocycles. The van der Waals surface area contributed by atoms with Crippen LogP contribution in [0.4, 0.5) is 0 Å². The zero-order valence-corrected chi connectivity index (χ0v) is 13.2. The molecule has 0 saturated carbocycles. The molecule has 0 amide bonds. The quantitative estimate of drug-likeness (QED) is 0.494. The molecule has 0 aliphatic heterocycles. The van der Waals surface area contributed by atoms with Crippen LogP contribution in [-0.4, -0.2) is 52.7 Å². The summed E-state index contributed by atoms with van der Waals surface area (Å²) in [6.07, 6.45) is 3.30. The first-order valence-corrected chi connectivity index (χ1v) is 7.64. The predicted octanol–water partition coefficient (Wildman–Crippen LogP) is 2.47. The molecule has 0 aliphatic rings. The van der Waals surface area contributed by atoms with Gasteiger partial charge in [-0.25, -0.2) is 0 Å². The summed E-state index contributed by atoms with van der Waals surface area (Å²) < 4.78 is 16.1. The second kappa shape index (κ2) is 14.3. The van der Waals surface area contributed by atoms with Crippen molar-refractivity contribution in [3.8, 4) is 0 Å². The molecule has 19 heavy (non-hydrogen) atoms. The van der Waals surface area contributed by atoms with Gasteiger partial charge in [-0.3, -0.25) is 0 Å². The highest BCUT2D eigenvalue weighted by molar-refractivity contribution is 4.71. The summed E-state index contributed by atoms with van der Waals surface area (Å²) in [5.41, 5.74) is 0. The first kappa shape index (κ1) is 18.8. The Labute approximate surface area is 119 Å². The molecule has 2 atom stereocenters. The second-order valence-corrected chi connectivity index (χ2v) is 4.98. The van der Waals surface area contributed by atoms with E-state index in [1.807, 2.05) is 0 Å². The Morgan fingerprint density at radius 1 is 1.00 bits per heavy atom. The van der Waals surface area contributed by atoms with Crippen molar-refractivity contribution in [1.29, 1.82) is 0 Å². The van der Waals surface area contributed by atoms with Crippen molar-refractivity contribution in [2.75, 3.05) is 46.7 Å². The monoisotopic (exact) mass is 275 g/mol. The van der Waals surface area contributed by atoms with Crippen molar-refractivity contribution in [3.05, 3.63) is 0 Å². The van der Waals surface area contributed by atoms with Crippen LogP contribution in [-0.2, 0) is 14.2 Å². The van der Waals surface area contributed by atoms with Gasteiger partial charge in [0.1, 0.15) is 0 Å². The molecule has 0 radical (unpaired) electrons. The van der Waals surface area contributed by atoms with Gasteiger partial charge in [0.05, 0.1) is 19.8 Å². The Morgan fingerprint density at radius 3 is 2.37 bits per heavy atom. The third kappa shape index (κ3) is 11.4. The van der Waals surface area contributed by atoms with Gasteiger partial charge >= 0.3 is 0 Å². The SMILES string of the molecule is CCCNC(COCCCOCCOC)C(C)CC. The molecular weight excluding hydrogens is 242 g/mol. The fourth-order valence-corrected chi connectivity index (χ4v) is 1.76. The summed E-state index contributed by atoms with van der Waals surface area (Å²) in [6.45, 7) is 11.4. The molecule has 0 spiro atoms. The number of methoxy groups -OCH3 is 1. The predicted molar refractivity (Wildman–Crippen MR) is 79.7 cm³/mol. The summed E-state index contributed by atoms with van der Waals surface area (Å²) in [4.78, 5) is 0. The molecule has 0 aromatic heterocycles. The van der Waals surface area contributed by atoms with Gasteiger partial charge in [-0.1, -0.05) is 27.2 Å². The lowest BCUT2D eigenvalue weighted by atomic mass is 10.00. The third-order valence-corrected chi connectivity index (χ3v) is 3.29. The van der Waals surface area contributed by atoms with E-state index in [0.29, 0.717) is 25.2 Å². The van der Waals surface area contributed by atoms with Gasteiger partial charge in [0.25, 0.3) is 0 Å². The van der Waals surface area contributed by atoms with Gasteiger partial charge < -0.3 is 19.5 Å². The summed E-state index contributed by atoms with van der Waals surface area (Å²) in [5.74, 6) is 0.657. The van der Waals surface area contributed by atoms with Crippen molar-refractivity contribution in [2.45, 2.75) is 46.1 Å². The molecule has 0 fully saturated rings. The van der Waals surface area contributed by atoms with Crippen molar-refractivity contribution in [3.63, 3.8) is 0 Å². The van der Waals surface area contributed by atoms with E-state index < -0.39 is 0 Å². The van der Waals surface area contributed by atoms with E-state index in [9.17, 15) is 0 Å². The second-order valence-electron chi connectivity index (χ2n) is 4.98. The lowest BCUT2D eigenvalue weighted by Gasteiger charge is -2.24. The lowest BCUT2D eigenvalue weighted by molar-refractivity contribution is 0.0439. The van der Waals surface area contributed by atoms with E-state index in [-0.39, 0.29) is 0 Å². The standard InChI is InChI=1S/C15H33NO3/c1-5-8-16-15(14(3)6-2)13-19-10-7-9-18-12-11-17-4/h14-16H,5-13H2,1-4H3. The van der Waals surface area contributed by atoms with Crippen molar-refractivity contribution in [2.24, 2.45) is 5.92 Å². The summed E-state index contributed by atoms with van der Waals surface area (Å²) in [7, 11) is 1.69. The van der Waals surface area contributed by atoms with Gasteiger partial charge in [0.2, 0.25) is 0 Å². The summed E-state index contributed by atoms with van der Waals surface area (Å²) in [5, 5.41) is 3.57. The van der Waals surface area contributed by atoms with Gasteiger partial charge in [-0.15, -0.1) is 0 Å². The van der Waals surface area contributed by atoms with Crippen molar-refractivity contribution in [1.82, 2.24) is 5.32 Å². The van der Waals surface area contributed by atoms with E-state index in [4.69, 9.17) is 14.2 Å². The van der Waals surface area contributed by atoms with Crippen LogP contribution >= 0.6 is 0 Å². The van der Waals surface area contributed by atoms with E-state index in [1.165, 1.54) is 12.8 Å². The molecule has 4 heteroatoms. The highest BCUT2D eigenvalue weighted by Gasteiger charge is 2.14. The highest BCUT2D eigenvalue weighted by Crippen LogP contribution is 2.08. The van der Waals surface area contributed by atoms with Gasteiger partial charge in [0, 0.05) is 26.4 Å². The van der Waals surface area contributed by atoms with Gasteiger partial charge in [-0.2, -0.15) is 0 Å². The van der Waals surface area contributed by atoms with Gasteiger partial charge in [0.15, 0.2) is 0 Å². The van der Waals surface area contributed by atoms with E-state index >= 15 is 0 Å². The van der Waals surface area contributed by atoms with Crippen LogP contribution in [0, 0.1) is 5.92 Å². The zero-order chi connectivity index (χ0) is 14.3. The Kier molecular flexibility index (Phi) is 14.1. The number of hydrogen-bond donors (Lipinski definition) is 1. The molecular formula is C15H33NO3. The molecule has 0 aromatic rings. The molecule has 4 nitrogen and oxygen atoms in total. The molecule has 1 N–H and O–H groups in total. The van der Waals surface area contributed by atoms with Crippen LogP contribution in [0.15, 0.2) is 0 Å². The minimum atomic E-state index is 0.472. The normalized spacial score (nSPS) is 14.5. The zero-order valence-electron chi connectivity index (χ0n) is 13.2. The van der Waals surface area contributed by atoms with Crippen LogP contribution in [0.5, 0.6) is 0 Å². The van der Waals surface area contributed by atoms with Crippen LogP contribution in [0.3, 0.4) is 0 Å². The maximum absolute atomic E-state index is 5.75. The largest absolute Gasteiger partial charge is 0.382 e. The summed E-state index contributed by atoms with van der Waals surface area (Å²) in [6, 6.07) is 0.472. The molecule has 0 heterocycles. The number of rotatable bonds is 14. The average molecular weight is 275 g/mol. The first-order valence-electron chi connectivity index (χ1n) is 7.64. The number of nitrogens with one attached hydrogen (secondary N) is 1. The maximum Gasteiger partial charge on any atom is 0.0700 e. The number of hydrogen-bond acceptors (Lipinski definition) is 4. The van der Waals surface area contributed by atoms with Crippen LogP contribution < -0.4 is 5.32 Å². The Morgan fingerprint density at radius 2 is 1.74 bits per heavy atom. The fourth-order valence-electron chi connectivity index (χ4n) is 1.76. The molecule has 2 unspecified atom stereocenters. The van der Waals surface area contributed by atoms with Crippen LogP contribution in [0.25, 0.3) is 0 Å². The topological polar surface area (TPSA) is 39.7 Å². The smallest absolute Gasteiger partial charge is 0.0700 e.